The van der Waals surface area contributed by atoms with Gasteiger partial charge in [0.25, 0.3) is 5.91 Å². The van der Waals surface area contributed by atoms with Crippen LogP contribution in [0, 0.1) is 13.8 Å². The van der Waals surface area contributed by atoms with Gasteiger partial charge in [0.1, 0.15) is 0 Å². The molecule has 0 saturated carbocycles. The lowest BCUT2D eigenvalue weighted by atomic mass is 9.95. The Kier molecular flexibility index (Phi) is 10.2. The number of thioether (sulfide) groups is 1. The van der Waals surface area contributed by atoms with Gasteiger partial charge in [-0.05, 0) is 62.6 Å². The van der Waals surface area contributed by atoms with Crippen molar-refractivity contribution in [2.45, 2.75) is 50.3 Å². The van der Waals surface area contributed by atoms with E-state index < -0.39 is 23.5 Å². The van der Waals surface area contributed by atoms with E-state index in [1.807, 2.05) is 19.9 Å². The lowest BCUT2D eigenvalue weighted by molar-refractivity contribution is -0.117. The number of anilines is 1. The minimum Gasteiger partial charge on any atom is -0.503 e. The maximum absolute atomic E-state index is 14.0. The Bertz CT molecular complexity index is 1760. The van der Waals surface area contributed by atoms with E-state index in [0.29, 0.717) is 66.0 Å². The molecule has 1 amide bonds. The van der Waals surface area contributed by atoms with Crippen LogP contribution in [0.25, 0.3) is 0 Å². The number of carbonyl (C=O) groups is 2. The third-order valence-electron chi connectivity index (χ3n) is 6.58. The number of ketones is 1. The van der Waals surface area contributed by atoms with Crippen LogP contribution < -0.4 is 14.4 Å². The van der Waals surface area contributed by atoms with Crippen LogP contribution in [-0.2, 0) is 10.5 Å². The summed E-state index contributed by atoms with van der Waals surface area (Å²) in [5.41, 5.74) is 1.86. The SMILES string of the molecule is CCCOc1ccc(C2C(C(=O)c3sc(C)nc3C)=C(O)C(=O)N2c2nnc(SCc3ccc(Cl)cc3Cl)s2)cc1OCC. The molecule has 0 bridgehead atoms. The fourth-order valence-corrected chi connectivity index (χ4v) is 7.94. The van der Waals surface area contributed by atoms with Gasteiger partial charge in [0.05, 0.1) is 40.4 Å². The molecule has 4 aromatic rings. The van der Waals surface area contributed by atoms with E-state index in [4.69, 9.17) is 32.7 Å². The van der Waals surface area contributed by atoms with Crippen molar-refractivity contribution in [3.05, 3.63) is 84.5 Å². The van der Waals surface area contributed by atoms with Gasteiger partial charge in [-0.2, -0.15) is 0 Å². The summed E-state index contributed by atoms with van der Waals surface area (Å²) >= 11 is 16.1. The zero-order valence-corrected chi connectivity index (χ0v) is 28.2. The van der Waals surface area contributed by atoms with E-state index in [0.717, 1.165) is 12.0 Å². The van der Waals surface area contributed by atoms with Crippen molar-refractivity contribution in [2.75, 3.05) is 18.1 Å². The number of aliphatic hydroxyl groups is 1. The smallest absolute Gasteiger partial charge is 0.296 e. The maximum Gasteiger partial charge on any atom is 0.296 e. The third-order valence-corrected chi connectivity index (χ3v) is 10.3. The standard InChI is InChI=1S/C30H28Cl2N4O5S3/c1-5-11-41-21-10-8-17(12-22(21)40-6-2)24-23(25(37)27-15(3)33-16(4)43-27)26(38)28(39)36(24)29-34-35-30(44-29)42-14-18-7-9-19(31)13-20(18)32/h7-10,12-13,24,38H,5-6,11,14H2,1-4H3. The molecule has 14 heteroatoms. The highest BCUT2D eigenvalue weighted by atomic mass is 35.5. The van der Waals surface area contributed by atoms with Crippen molar-refractivity contribution in [1.29, 1.82) is 0 Å². The van der Waals surface area contributed by atoms with Gasteiger partial charge in [-0.1, -0.05) is 65.4 Å². The molecule has 2 aromatic carbocycles. The van der Waals surface area contributed by atoms with Gasteiger partial charge in [0.2, 0.25) is 10.9 Å². The minimum atomic E-state index is -1.01. The molecule has 1 unspecified atom stereocenters. The number of hydrogen-bond acceptors (Lipinski definition) is 11. The topological polar surface area (TPSA) is 115 Å². The number of Topliss-reactive ketones (excluding diaryl/α,β-unsaturated/α-hetero) is 1. The van der Waals surface area contributed by atoms with Gasteiger partial charge in [-0.3, -0.25) is 14.5 Å². The van der Waals surface area contributed by atoms with Crippen LogP contribution in [0.1, 0.15) is 57.8 Å². The Morgan fingerprint density at radius 2 is 1.86 bits per heavy atom. The summed E-state index contributed by atoms with van der Waals surface area (Å²) in [4.78, 5) is 33.7. The Morgan fingerprint density at radius 3 is 2.55 bits per heavy atom. The van der Waals surface area contributed by atoms with Gasteiger partial charge in [-0.25, -0.2) is 4.98 Å². The van der Waals surface area contributed by atoms with Crippen molar-refractivity contribution < 1.29 is 24.2 Å². The van der Waals surface area contributed by atoms with Crippen molar-refractivity contribution in [1.82, 2.24) is 15.2 Å². The summed E-state index contributed by atoms with van der Waals surface area (Å²) in [6.45, 7) is 8.26. The van der Waals surface area contributed by atoms with E-state index in [1.54, 1.807) is 44.2 Å². The first-order valence-corrected chi connectivity index (χ1v) is 17.1. The summed E-state index contributed by atoms with van der Waals surface area (Å²) in [6.07, 6.45) is 0.808. The molecule has 230 valence electrons. The van der Waals surface area contributed by atoms with Gasteiger partial charge in [0.15, 0.2) is 21.6 Å². The number of hydrogen-bond donors (Lipinski definition) is 1. The van der Waals surface area contributed by atoms with Gasteiger partial charge < -0.3 is 14.6 Å². The highest BCUT2D eigenvalue weighted by Gasteiger charge is 2.47. The summed E-state index contributed by atoms with van der Waals surface area (Å²) in [5, 5.41) is 21.8. The fourth-order valence-electron chi connectivity index (χ4n) is 4.64. The zero-order valence-electron chi connectivity index (χ0n) is 24.2. The number of rotatable bonds is 12. The summed E-state index contributed by atoms with van der Waals surface area (Å²) in [7, 11) is 0. The molecule has 1 N–H and O–H groups in total. The lowest BCUT2D eigenvalue weighted by Crippen LogP contribution is -2.31. The van der Waals surface area contributed by atoms with Crippen LogP contribution in [0.15, 0.2) is 52.1 Å². The molecule has 0 fully saturated rings. The van der Waals surface area contributed by atoms with Crippen molar-refractivity contribution in [3.63, 3.8) is 0 Å². The molecule has 0 saturated heterocycles. The molecule has 0 aliphatic carbocycles. The largest absolute Gasteiger partial charge is 0.503 e. The molecule has 44 heavy (non-hydrogen) atoms. The highest BCUT2D eigenvalue weighted by molar-refractivity contribution is 8.00. The van der Waals surface area contributed by atoms with Crippen LogP contribution in [0.5, 0.6) is 11.5 Å². The van der Waals surface area contributed by atoms with E-state index in [2.05, 4.69) is 15.2 Å². The van der Waals surface area contributed by atoms with Crippen molar-refractivity contribution in [3.8, 4) is 11.5 Å². The molecule has 3 heterocycles. The Labute approximate surface area is 276 Å². The average Bonchev–Trinajstić information content (AvgIpc) is 3.67. The third kappa shape index (κ3) is 6.59. The second-order valence-electron chi connectivity index (χ2n) is 9.68. The van der Waals surface area contributed by atoms with Gasteiger partial charge in [0, 0.05) is 15.8 Å². The van der Waals surface area contributed by atoms with Crippen molar-refractivity contribution >= 4 is 74.5 Å². The quantitative estimate of drug-likeness (QED) is 0.0892. The molecule has 5 rings (SSSR count). The lowest BCUT2D eigenvalue weighted by Gasteiger charge is -2.25. The molecule has 2 aromatic heterocycles. The van der Waals surface area contributed by atoms with E-state index >= 15 is 0 Å². The Hall–Kier alpha value is -3.16. The van der Waals surface area contributed by atoms with Crippen LogP contribution >= 0.6 is 57.6 Å². The molecule has 9 nitrogen and oxygen atoms in total. The zero-order chi connectivity index (χ0) is 31.5. The summed E-state index contributed by atoms with van der Waals surface area (Å²) in [6, 6.07) is 9.50. The first-order chi connectivity index (χ1) is 21.1. The molecular weight excluding hydrogens is 663 g/mol. The first kappa shape index (κ1) is 32.2. The number of thiazole rings is 1. The second-order valence-corrected chi connectivity index (χ2v) is 13.9. The second kappa shape index (κ2) is 13.9. The molecule has 1 atom stereocenters. The molecular formula is C30H28Cl2N4O5S3. The number of ether oxygens (including phenoxy) is 2. The molecule has 1 aliphatic heterocycles. The van der Waals surface area contributed by atoms with Crippen LogP contribution in [0.2, 0.25) is 10.0 Å². The number of aryl methyl sites for hydroxylation is 2. The van der Waals surface area contributed by atoms with E-state index in [1.165, 1.54) is 39.3 Å². The van der Waals surface area contributed by atoms with Gasteiger partial charge >= 0.3 is 0 Å². The summed E-state index contributed by atoms with van der Waals surface area (Å²) < 4.78 is 12.3. The number of carbonyl (C=O) groups excluding carboxylic acids is 2. The number of aromatic nitrogens is 3. The normalized spacial score (nSPS) is 14.9. The molecule has 1 aliphatic rings. The average molecular weight is 692 g/mol. The van der Waals surface area contributed by atoms with Gasteiger partial charge in [-0.15, -0.1) is 21.5 Å². The van der Waals surface area contributed by atoms with E-state index in [9.17, 15) is 14.7 Å². The Morgan fingerprint density at radius 1 is 1.07 bits per heavy atom. The number of halogens is 2. The van der Waals surface area contributed by atoms with E-state index in [-0.39, 0.29) is 10.7 Å². The number of aliphatic hydroxyl groups excluding tert-OH is 1. The van der Waals surface area contributed by atoms with Crippen molar-refractivity contribution in [2.24, 2.45) is 0 Å². The predicted molar refractivity (Wildman–Crippen MR) is 175 cm³/mol. The van der Waals surface area contributed by atoms with Crippen LogP contribution in [0.4, 0.5) is 5.13 Å². The first-order valence-electron chi connectivity index (χ1n) is 13.7. The summed E-state index contributed by atoms with van der Waals surface area (Å²) in [5.74, 6) is -0.383. The fraction of sp³-hybridized carbons (Fsp3) is 0.300. The number of amides is 1. The number of nitrogens with zero attached hydrogens (tertiary/aromatic N) is 4. The minimum absolute atomic E-state index is 0.0659. The Balaban J connectivity index is 1.55. The number of benzene rings is 2. The predicted octanol–water partition coefficient (Wildman–Crippen LogP) is 8.18. The van der Waals surface area contributed by atoms with Crippen LogP contribution in [0.3, 0.4) is 0 Å². The monoisotopic (exact) mass is 690 g/mol. The molecule has 0 spiro atoms. The van der Waals surface area contributed by atoms with Crippen LogP contribution in [-0.4, -0.2) is 45.2 Å². The maximum atomic E-state index is 14.0. The highest BCUT2D eigenvalue weighted by Crippen LogP contribution is 2.46. The molecule has 0 radical (unpaired) electrons.